The molecule has 0 aliphatic rings. The van der Waals surface area contributed by atoms with Gasteiger partial charge >= 0.3 is 21.1 Å². The van der Waals surface area contributed by atoms with Crippen molar-refractivity contribution in [3.05, 3.63) is 126 Å². The molecule has 0 bridgehead atoms. The van der Waals surface area contributed by atoms with E-state index < -0.39 is 0 Å². The number of methoxy groups -OCH3 is 1. The van der Waals surface area contributed by atoms with Crippen molar-refractivity contribution in [1.29, 1.82) is 0 Å². The van der Waals surface area contributed by atoms with Crippen molar-refractivity contribution in [2.75, 3.05) is 7.11 Å². The molecule has 1 atom stereocenters. The summed E-state index contributed by atoms with van der Waals surface area (Å²) in [6, 6.07) is 38.1. The van der Waals surface area contributed by atoms with Crippen LogP contribution >= 0.6 is 0 Å². The van der Waals surface area contributed by atoms with E-state index in [0.717, 1.165) is 62.6 Å². The molecule has 3 aromatic heterocycles. The molecule has 0 saturated carbocycles. The standard InChI is InChI=1S/C44H44N4O2.Pt/c1-29(13-12-23-44(4,5)6)33-18-21-40-39(25-33)38-20-19-37(27-41(38)47(40)42-28-35(49-7)22-24-45-42)50-36-17-11-16-34(26-36)48-31(3)43(30(2)46-48)32-14-9-8-10-15-32;/h8-11,14-22,24-25,28-29H,12-13,23H2,1-7H3;/q-2;+2. The van der Waals surface area contributed by atoms with E-state index in [1.807, 2.05) is 54.1 Å². The molecule has 0 aliphatic heterocycles. The normalized spacial score (nSPS) is 12.2. The van der Waals surface area contributed by atoms with E-state index in [0.29, 0.717) is 22.8 Å². The van der Waals surface area contributed by atoms with Crippen LogP contribution in [-0.4, -0.2) is 26.4 Å². The van der Waals surface area contributed by atoms with Crippen LogP contribution in [0, 0.1) is 31.4 Å². The number of pyridine rings is 1. The number of benzene rings is 4. The van der Waals surface area contributed by atoms with E-state index in [-0.39, 0.29) is 21.1 Å². The number of aryl methyl sites for hydroxylation is 1. The predicted molar refractivity (Wildman–Crippen MR) is 203 cm³/mol. The first kappa shape index (κ1) is 36.1. The van der Waals surface area contributed by atoms with Crippen LogP contribution in [0.15, 0.2) is 97.2 Å². The number of fused-ring (bicyclic) bond motifs is 3. The van der Waals surface area contributed by atoms with Gasteiger partial charge in [-0.3, -0.25) is 4.68 Å². The summed E-state index contributed by atoms with van der Waals surface area (Å²) in [5.41, 5.74) is 8.74. The smallest absolute Gasteiger partial charge is 0.509 e. The van der Waals surface area contributed by atoms with Gasteiger partial charge in [0, 0.05) is 40.5 Å². The minimum absolute atomic E-state index is 0. The molecule has 6 nitrogen and oxygen atoms in total. The van der Waals surface area contributed by atoms with Crippen molar-refractivity contribution in [1.82, 2.24) is 19.3 Å². The molecular formula is C44H44N4O2Pt. The molecule has 0 amide bonds. The third-order valence-electron chi connectivity index (χ3n) is 9.54. The SMILES string of the molecule is COc1ccnc(-n2c3[c-]c(Oc4[c-]c(-n5nc(C)c(-c6ccccc6)c5C)ccc4)ccc3c3cc(C(C)CCCC(C)(C)C)ccc32)c1.[Pt+2]. The van der Waals surface area contributed by atoms with E-state index >= 15 is 0 Å². The average Bonchev–Trinajstić information content (AvgIpc) is 3.60. The number of ether oxygens (including phenoxy) is 2. The molecule has 1 unspecified atom stereocenters. The summed E-state index contributed by atoms with van der Waals surface area (Å²) < 4.78 is 16.1. The quantitative estimate of drug-likeness (QED) is 0.129. The average molecular weight is 856 g/mol. The molecule has 0 fully saturated rings. The summed E-state index contributed by atoms with van der Waals surface area (Å²) in [6.07, 6.45) is 5.36. The summed E-state index contributed by atoms with van der Waals surface area (Å²) in [4.78, 5) is 4.76. The van der Waals surface area contributed by atoms with E-state index in [4.69, 9.17) is 19.6 Å². The Kier molecular flexibility index (Phi) is 10.6. The molecule has 51 heavy (non-hydrogen) atoms. The minimum Gasteiger partial charge on any atom is -0.509 e. The van der Waals surface area contributed by atoms with Gasteiger partial charge in [-0.15, -0.1) is 35.7 Å². The van der Waals surface area contributed by atoms with Crippen LogP contribution in [0.2, 0.25) is 0 Å². The summed E-state index contributed by atoms with van der Waals surface area (Å²) in [7, 11) is 1.68. The van der Waals surface area contributed by atoms with Gasteiger partial charge in [-0.25, -0.2) is 4.98 Å². The minimum atomic E-state index is 0. The zero-order chi connectivity index (χ0) is 35.0. The van der Waals surface area contributed by atoms with Crippen LogP contribution in [0.5, 0.6) is 17.2 Å². The molecule has 4 aromatic carbocycles. The second kappa shape index (κ2) is 14.9. The second-order valence-electron chi connectivity index (χ2n) is 14.4. The number of hydrogen-bond acceptors (Lipinski definition) is 4. The zero-order valence-electron chi connectivity index (χ0n) is 30.4. The van der Waals surface area contributed by atoms with Crippen molar-refractivity contribution >= 4 is 21.8 Å². The van der Waals surface area contributed by atoms with Gasteiger partial charge in [-0.2, -0.15) is 17.2 Å². The van der Waals surface area contributed by atoms with E-state index in [1.165, 1.54) is 23.8 Å². The largest absolute Gasteiger partial charge is 2.00 e. The van der Waals surface area contributed by atoms with E-state index in [2.05, 4.69) is 99.8 Å². The van der Waals surface area contributed by atoms with Crippen molar-refractivity contribution in [3.8, 4) is 39.9 Å². The third-order valence-corrected chi connectivity index (χ3v) is 9.54. The summed E-state index contributed by atoms with van der Waals surface area (Å²) in [5.74, 6) is 3.13. The first-order valence-corrected chi connectivity index (χ1v) is 17.4. The Morgan fingerprint density at radius 2 is 1.63 bits per heavy atom. The fourth-order valence-corrected chi connectivity index (χ4v) is 6.94. The van der Waals surface area contributed by atoms with Crippen LogP contribution < -0.4 is 9.47 Å². The van der Waals surface area contributed by atoms with Gasteiger partial charge in [0.15, 0.2) is 0 Å². The number of aromatic nitrogens is 4. The number of nitrogens with zero attached hydrogens (tertiary/aromatic N) is 4. The van der Waals surface area contributed by atoms with Crippen LogP contribution in [0.3, 0.4) is 0 Å². The van der Waals surface area contributed by atoms with Gasteiger partial charge < -0.3 is 14.0 Å². The topological polar surface area (TPSA) is 54.1 Å². The molecular weight excluding hydrogens is 812 g/mol. The molecule has 0 radical (unpaired) electrons. The predicted octanol–water partition coefficient (Wildman–Crippen LogP) is 11.4. The Morgan fingerprint density at radius 1 is 0.843 bits per heavy atom. The fourth-order valence-electron chi connectivity index (χ4n) is 6.94. The number of hydrogen-bond donors (Lipinski definition) is 0. The van der Waals surface area contributed by atoms with Gasteiger partial charge in [-0.05, 0) is 72.4 Å². The monoisotopic (exact) mass is 855 g/mol. The molecule has 7 aromatic rings. The van der Waals surface area contributed by atoms with Gasteiger partial charge in [0.2, 0.25) is 0 Å². The van der Waals surface area contributed by atoms with E-state index in [9.17, 15) is 0 Å². The van der Waals surface area contributed by atoms with Crippen molar-refractivity contribution < 1.29 is 30.5 Å². The van der Waals surface area contributed by atoms with Crippen LogP contribution in [0.1, 0.15) is 69.8 Å². The first-order chi connectivity index (χ1) is 24.1. The van der Waals surface area contributed by atoms with Crippen LogP contribution in [0.4, 0.5) is 0 Å². The Bertz CT molecular complexity index is 2300. The summed E-state index contributed by atoms with van der Waals surface area (Å²) >= 11 is 0. The van der Waals surface area contributed by atoms with E-state index in [1.54, 1.807) is 13.3 Å². The maximum absolute atomic E-state index is 6.46. The van der Waals surface area contributed by atoms with Crippen molar-refractivity contribution in [2.45, 2.75) is 66.7 Å². The number of rotatable bonds is 10. The molecule has 7 rings (SSSR count). The van der Waals surface area contributed by atoms with Crippen molar-refractivity contribution in [2.24, 2.45) is 5.41 Å². The first-order valence-electron chi connectivity index (χ1n) is 17.4. The summed E-state index contributed by atoms with van der Waals surface area (Å²) in [5, 5.41) is 7.14. The van der Waals surface area contributed by atoms with Gasteiger partial charge in [-0.1, -0.05) is 82.1 Å². The van der Waals surface area contributed by atoms with Gasteiger partial charge in [0.1, 0.15) is 11.6 Å². The van der Waals surface area contributed by atoms with Crippen LogP contribution in [-0.2, 0) is 21.1 Å². The third kappa shape index (κ3) is 7.53. The van der Waals surface area contributed by atoms with Crippen LogP contribution in [0.25, 0.3) is 44.4 Å². The maximum atomic E-state index is 6.46. The van der Waals surface area contributed by atoms with Crippen molar-refractivity contribution in [3.63, 3.8) is 0 Å². The van der Waals surface area contributed by atoms with Gasteiger partial charge in [0.25, 0.3) is 0 Å². The molecule has 3 heterocycles. The Morgan fingerprint density at radius 3 is 2.39 bits per heavy atom. The fraction of sp³-hybridized carbons (Fsp3) is 0.273. The molecule has 0 spiro atoms. The molecule has 262 valence electrons. The molecule has 7 heteroatoms. The second-order valence-corrected chi connectivity index (χ2v) is 14.4. The zero-order valence-corrected chi connectivity index (χ0v) is 32.6. The maximum Gasteiger partial charge on any atom is 2.00 e. The Labute approximate surface area is 315 Å². The molecule has 0 saturated heterocycles. The molecule has 0 N–H and O–H groups in total. The molecule has 0 aliphatic carbocycles. The Hall–Kier alpha value is -4.67. The van der Waals surface area contributed by atoms with Gasteiger partial charge in [0.05, 0.1) is 12.8 Å². The summed E-state index contributed by atoms with van der Waals surface area (Å²) in [6.45, 7) is 13.4. The Balaban J connectivity index is 0.00000448.